The Kier molecular flexibility index (Phi) is 4.78. The van der Waals surface area contributed by atoms with Crippen molar-refractivity contribution in [3.63, 3.8) is 0 Å². The maximum Gasteiger partial charge on any atom is 0.253 e. The number of rotatable bonds is 7. The minimum absolute atomic E-state index is 0.0355. The van der Waals surface area contributed by atoms with Crippen LogP contribution in [0.1, 0.15) is 11.8 Å². The molecule has 0 bridgehead atoms. The number of aromatic nitrogens is 2. The number of ether oxygens (including phenoxy) is 3. The van der Waals surface area contributed by atoms with Crippen molar-refractivity contribution >= 4 is 0 Å². The lowest BCUT2D eigenvalue weighted by Gasteiger charge is -2.12. The fourth-order valence-electron chi connectivity index (χ4n) is 1.65. The van der Waals surface area contributed by atoms with Crippen molar-refractivity contribution in [3.05, 3.63) is 30.0 Å². The van der Waals surface area contributed by atoms with Crippen LogP contribution in [0.4, 0.5) is 0 Å². The molecule has 1 aromatic carbocycles. The smallest absolute Gasteiger partial charge is 0.253 e. The monoisotopic (exact) mass is 280 g/mol. The van der Waals surface area contributed by atoms with Gasteiger partial charge in [-0.1, -0.05) is 6.07 Å². The standard InChI is InChI=1S/C13H16N2O5/c1-17-9-4-3-5-10(13(9)18-2)19-8-12-15-14-11(20-12)6-7-16/h3-5,16H,6-8H2,1-2H3. The summed E-state index contributed by atoms with van der Waals surface area (Å²) in [5, 5.41) is 16.4. The van der Waals surface area contributed by atoms with E-state index in [2.05, 4.69) is 10.2 Å². The van der Waals surface area contributed by atoms with Crippen LogP contribution in [0.15, 0.2) is 22.6 Å². The summed E-state index contributed by atoms with van der Waals surface area (Å²) in [5.74, 6) is 2.32. The average molecular weight is 280 g/mol. The molecule has 0 fully saturated rings. The van der Waals surface area contributed by atoms with Gasteiger partial charge >= 0.3 is 0 Å². The van der Waals surface area contributed by atoms with Crippen molar-refractivity contribution in [1.82, 2.24) is 10.2 Å². The van der Waals surface area contributed by atoms with Crippen molar-refractivity contribution < 1.29 is 23.7 Å². The molecule has 0 aliphatic rings. The first-order valence-corrected chi connectivity index (χ1v) is 6.04. The lowest BCUT2D eigenvalue weighted by Crippen LogP contribution is -1.99. The van der Waals surface area contributed by atoms with Gasteiger partial charge in [-0.15, -0.1) is 10.2 Å². The molecule has 1 N–H and O–H groups in total. The lowest BCUT2D eigenvalue weighted by atomic mass is 10.3. The van der Waals surface area contributed by atoms with Gasteiger partial charge in [0.1, 0.15) is 0 Å². The van der Waals surface area contributed by atoms with E-state index in [9.17, 15) is 0 Å². The summed E-state index contributed by atoms with van der Waals surface area (Å²) >= 11 is 0. The van der Waals surface area contributed by atoms with Crippen LogP contribution in [0, 0.1) is 0 Å². The second-order valence-electron chi connectivity index (χ2n) is 3.84. The molecule has 0 radical (unpaired) electrons. The van der Waals surface area contributed by atoms with E-state index in [1.807, 2.05) is 0 Å². The third kappa shape index (κ3) is 3.18. The second kappa shape index (κ2) is 6.76. The fourth-order valence-corrected chi connectivity index (χ4v) is 1.65. The van der Waals surface area contributed by atoms with Gasteiger partial charge in [0, 0.05) is 6.42 Å². The molecule has 0 unspecified atom stereocenters. The number of benzene rings is 1. The van der Waals surface area contributed by atoms with E-state index >= 15 is 0 Å². The Hall–Kier alpha value is -2.28. The Morgan fingerprint density at radius 1 is 1.10 bits per heavy atom. The first-order valence-electron chi connectivity index (χ1n) is 6.04. The van der Waals surface area contributed by atoms with Crippen LogP contribution in [0.3, 0.4) is 0 Å². The number of methoxy groups -OCH3 is 2. The van der Waals surface area contributed by atoms with E-state index in [4.69, 9.17) is 23.7 Å². The van der Waals surface area contributed by atoms with Crippen LogP contribution >= 0.6 is 0 Å². The number of hydrogen-bond donors (Lipinski definition) is 1. The molecular weight excluding hydrogens is 264 g/mol. The van der Waals surface area contributed by atoms with Gasteiger partial charge in [0.05, 0.1) is 20.8 Å². The van der Waals surface area contributed by atoms with E-state index in [0.29, 0.717) is 35.5 Å². The zero-order chi connectivity index (χ0) is 14.4. The molecule has 0 saturated carbocycles. The number of aliphatic hydroxyl groups excluding tert-OH is 1. The van der Waals surface area contributed by atoms with Crippen molar-refractivity contribution in [3.8, 4) is 17.2 Å². The topological polar surface area (TPSA) is 86.8 Å². The lowest BCUT2D eigenvalue weighted by molar-refractivity contribution is 0.237. The summed E-state index contributed by atoms with van der Waals surface area (Å²) in [7, 11) is 3.09. The van der Waals surface area contributed by atoms with Gasteiger partial charge < -0.3 is 23.7 Å². The highest BCUT2D eigenvalue weighted by atomic mass is 16.5. The minimum atomic E-state index is -0.0355. The Morgan fingerprint density at radius 3 is 2.55 bits per heavy atom. The molecule has 0 amide bonds. The molecule has 7 heteroatoms. The SMILES string of the molecule is COc1cccc(OCc2nnc(CCO)o2)c1OC. The van der Waals surface area contributed by atoms with Crippen molar-refractivity contribution in [2.45, 2.75) is 13.0 Å². The first kappa shape index (κ1) is 14.1. The van der Waals surface area contributed by atoms with E-state index in [1.165, 1.54) is 7.11 Å². The molecule has 1 heterocycles. The van der Waals surface area contributed by atoms with Crippen LogP contribution in [0.25, 0.3) is 0 Å². The van der Waals surface area contributed by atoms with E-state index < -0.39 is 0 Å². The van der Waals surface area contributed by atoms with Crippen LogP contribution in [0.2, 0.25) is 0 Å². The number of aliphatic hydroxyl groups is 1. The molecule has 20 heavy (non-hydrogen) atoms. The van der Waals surface area contributed by atoms with E-state index in [-0.39, 0.29) is 13.2 Å². The Labute approximate surface area is 116 Å². The van der Waals surface area contributed by atoms with Gasteiger partial charge in [0.2, 0.25) is 11.6 Å². The third-order valence-electron chi connectivity index (χ3n) is 2.55. The van der Waals surface area contributed by atoms with Crippen molar-refractivity contribution in [1.29, 1.82) is 0 Å². The predicted molar refractivity (Wildman–Crippen MR) is 69.0 cm³/mol. The first-order chi connectivity index (χ1) is 9.78. The molecule has 0 atom stereocenters. The predicted octanol–water partition coefficient (Wildman–Crippen LogP) is 1.20. The van der Waals surface area contributed by atoms with Gasteiger partial charge in [0.25, 0.3) is 5.89 Å². The number of para-hydroxylation sites is 1. The van der Waals surface area contributed by atoms with Gasteiger partial charge in [-0.2, -0.15) is 0 Å². The summed E-state index contributed by atoms with van der Waals surface area (Å²) in [6.45, 7) is 0.0775. The molecule has 0 saturated heterocycles. The fraction of sp³-hybridized carbons (Fsp3) is 0.385. The van der Waals surface area contributed by atoms with Crippen molar-refractivity contribution in [2.75, 3.05) is 20.8 Å². The molecule has 108 valence electrons. The maximum absolute atomic E-state index is 8.77. The van der Waals surface area contributed by atoms with Crippen molar-refractivity contribution in [2.24, 2.45) is 0 Å². The Morgan fingerprint density at radius 2 is 1.85 bits per heavy atom. The normalized spacial score (nSPS) is 10.3. The van der Waals surface area contributed by atoms with Crippen LogP contribution < -0.4 is 14.2 Å². The Balaban J connectivity index is 2.06. The molecule has 2 rings (SSSR count). The number of hydrogen-bond acceptors (Lipinski definition) is 7. The van der Waals surface area contributed by atoms with Gasteiger partial charge in [-0.3, -0.25) is 0 Å². The summed E-state index contributed by atoms with van der Waals surface area (Å²) in [6, 6.07) is 5.33. The summed E-state index contributed by atoms with van der Waals surface area (Å²) in [5.41, 5.74) is 0. The van der Waals surface area contributed by atoms with Gasteiger partial charge in [-0.25, -0.2) is 0 Å². The second-order valence-corrected chi connectivity index (χ2v) is 3.84. The molecule has 0 aliphatic heterocycles. The maximum atomic E-state index is 8.77. The van der Waals surface area contributed by atoms with E-state index in [0.717, 1.165) is 0 Å². The van der Waals surface area contributed by atoms with Gasteiger partial charge in [0.15, 0.2) is 18.1 Å². The Bertz CT molecular complexity index is 555. The number of nitrogens with zero attached hydrogens (tertiary/aromatic N) is 2. The summed E-state index contributed by atoms with van der Waals surface area (Å²) < 4.78 is 21.3. The van der Waals surface area contributed by atoms with E-state index in [1.54, 1.807) is 25.3 Å². The molecule has 0 spiro atoms. The summed E-state index contributed by atoms with van der Waals surface area (Å²) in [6.07, 6.45) is 0.329. The molecule has 0 aliphatic carbocycles. The third-order valence-corrected chi connectivity index (χ3v) is 2.55. The van der Waals surface area contributed by atoms with Gasteiger partial charge in [-0.05, 0) is 12.1 Å². The molecule has 7 nitrogen and oxygen atoms in total. The molecule has 2 aromatic rings. The van der Waals surface area contributed by atoms with Crippen LogP contribution in [-0.4, -0.2) is 36.1 Å². The highest BCUT2D eigenvalue weighted by Crippen LogP contribution is 2.36. The zero-order valence-electron chi connectivity index (χ0n) is 11.3. The molecular formula is C13H16N2O5. The quantitative estimate of drug-likeness (QED) is 0.815. The highest BCUT2D eigenvalue weighted by Gasteiger charge is 2.12. The minimum Gasteiger partial charge on any atom is -0.493 e. The highest BCUT2D eigenvalue weighted by molar-refractivity contribution is 5.50. The largest absolute Gasteiger partial charge is 0.493 e. The summed E-state index contributed by atoms with van der Waals surface area (Å²) in [4.78, 5) is 0. The average Bonchev–Trinajstić information content (AvgIpc) is 2.92. The van der Waals surface area contributed by atoms with Crippen LogP contribution in [-0.2, 0) is 13.0 Å². The molecule has 1 aromatic heterocycles. The zero-order valence-corrected chi connectivity index (χ0v) is 11.3. The van der Waals surface area contributed by atoms with Crippen LogP contribution in [0.5, 0.6) is 17.2 Å².